The van der Waals surface area contributed by atoms with Gasteiger partial charge in [0.15, 0.2) is 0 Å². The molecule has 0 aliphatic carbocycles. The van der Waals surface area contributed by atoms with E-state index >= 15 is 0 Å². The first-order valence-electron chi connectivity index (χ1n) is 9.56. The summed E-state index contributed by atoms with van der Waals surface area (Å²) in [6.45, 7) is 6.10. The zero-order chi connectivity index (χ0) is 21.6. The molecule has 2 aliphatic heterocycles. The lowest BCUT2D eigenvalue weighted by Gasteiger charge is -2.41. The maximum Gasteiger partial charge on any atom is 0.490 e. The second kappa shape index (κ2) is 10.1. The molecule has 0 radical (unpaired) electrons. The molecule has 0 saturated carbocycles. The van der Waals surface area contributed by atoms with Crippen LogP contribution in [0.2, 0.25) is 0 Å². The van der Waals surface area contributed by atoms with E-state index in [1.165, 1.54) is 0 Å². The molecule has 0 spiro atoms. The number of rotatable bonds is 4. The molecule has 6 nitrogen and oxygen atoms in total. The standard InChI is InChI=1S/C18H26N2O2.C2HF3O2/c1-3-19-12-15-16(13-19)20(10-9-17(15)22-2)18(21)11-14-7-5-4-6-8-14;3-2(4,5)1(6)7/h4-8,15-17H,3,9-13H2,1-2H3;(H,6,7)/t15-,16+,17-;/m0./s1. The number of amides is 1. The number of ether oxygens (including phenoxy) is 1. The molecule has 1 aromatic rings. The number of alkyl halides is 3. The number of halogens is 3. The van der Waals surface area contributed by atoms with Gasteiger partial charge >= 0.3 is 12.1 Å². The van der Waals surface area contributed by atoms with Crippen LogP contribution in [-0.2, 0) is 20.7 Å². The largest absolute Gasteiger partial charge is 0.490 e. The van der Waals surface area contributed by atoms with Gasteiger partial charge in [0.25, 0.3) is 0 Å². The van der Waals surface area contributed by atoms with Crippen molar-refractivity contribution in [2.45, 2.75) is 38.1 Å². The number of carbonyl (C=O) groups is 2. The molecule has 162 valence electrons. The van der Waals surface area contributed by atoms with Gasteiger partial charge in [-0.2, -0.15) is 13.2 Å². The van der Waals surface area contributed by atoms with Gasteiger partial charge < -0.3 is 19.6 Å². The summed E-state index contributed by atoms with van der Waals surface area (Å²) in [6.07, 6.45) is -3.33. The fraction of sp³-hybridized carbons (Fsp3) is 0.600. The van der Waals surface area contributed by atoms with E-state index in [-0.39, 0.29) is 5.91 Å². The van der Waals surface area contributed by atoms with Crippen molar-refractivity contribution >= 4 is 11.9 Å². The minimum absolute atomic E-state index is 0.258. The molecule has 2 heterocycles. The summed E-state index contributed by atoms with van der Waals surface area (Å²) in [7, 11) is 1.80. The van der Waals surface area contributed by atoms with Gasteiger partial charge in [-0.1, -0.05) is 37.3 Å². The number of methoxy groups -OCH3 is 1. The van der Waals surface area contributed by atoms with E-state index in [1.807, 2.05) is 30.3 Å². The first kappa shape index (κ1) is 23.2. The highest BCUT2D eigenvalue weighted by molar-refractivity contribution is 5.79. The number of hydrogen-bond donors (Lipinski definition) is 1. The Labute approximate surface area is 168 Å². The summed E-state index contributed by atoms with van der Waals surface area (Å²) in [6, 6.07) is 10.4. The second-order valence-electron chi connectivity index (χ2n) is 7.20. The topological polar surface area (TPSA) is 70.1 Å². The Bertz CT molecular complexity index is 684. The molecule has 0 bridgehead atoms. The van der Waals surface area contributed by atoms with Gasteiger partial charge in [0.05, 0.1) is 18.6 Å². The van der Waals surface area contributed by atoms with Crippen LogP contribution in [0.3, 0.4) is 0 Å². The summed E-state index contributed by atoms with van der Waals surface area (Å²) in [5.41, 5.74) is 1.10. The molecule has 2 fully saturated rings. The number of likely N-dealkylation sites (N-methyl/N-ethyl adjacent to an activating group) is 1. The molecule has 1 N–H and O–H groups in total. The average molecular weight is 416 g/mol. The van der Waals surface area contributed by atoms with Crippen LogP contribution in [0.15, 0.2) is 30.3 Å². The van der Waals surface area contributed by atoms with Crippen molar-refractivity contribution in [1.29, 1.82) is 0 Å². The minimum atomic E-state index is -5.08. The Morgan fingerprint density at radius 1 is 1.21 bits per heavy atom. The number of carboxylic acid groups (broad SMARTS) is 1. The predicted octanol–water partition coefficient (Wildman–Crippen LogP) is 2.43. The number of fused-ring (bicyclic) bond motifs is 1. The Morgan fingerprint density at radius 3 is 2.34 bits per heavy atom. The highest BCUT2D eigenvalue weighted by atomic mass is 19.4. The van der Waals surface area contributed by atoms with Gasteiger partial charge in [0.1, 0.15) is 0 Å². The van der Waals surface area contributed by atoms with Crippen LogP contribution >= 0.6 is 0 Å². The van der Waals surface area contributed by atoms with Crippen LogP contribution in [-0.4, -0.2) is 78.4 Å². The molecule has 9 heteroatoms. The van der Waals surface area contributed by atoms with Gasteiger partial charge in [0, 0.05) is 32.7 Å². The van der Waals surface area contributed by atoms with Crippen LogP contribution in [0, 0.1) is 5.92 Å². The van der Waals surface area contributed by atoms with Crippen LogP contribution in [0.4, 0.5) is 13.2 Å². The van der Waals surface area contributed by atoms with E-state index in [0.29, 0.717) is 24.5 Å². The molecule has 3 rings (SSSR count). The second-order valence-corrected chi connectivity index (χ2v) is 7.20. The molecule has 0 unspecified atom stereocenters. The third-order valence-corrected chi connectivity index (χ3v) is 5.45. The summed E-state index contributed by atoms with van der Waals surface area (Å²) in [5.74, 6) is -2.04. The molecule has 2 saturated heterocycles. The lowest BCUT2D eigenvalue weighted by molar-refractivity contribution is -0.192. The van der Waals surface area contributed by atoms with Crippen molar-refractivity contribution < 1.29 is 32.6 Å². The maximum atomic E-state index is 12.8. The van der Waals surface area contributed by atoms with Crippen molar-refractivity contribution in [2.75, 3.05) is 33.3 Å². The van der Waals surface area contributed by atoms with Crippen molar-refractivity contribution in [3.05, 3.63) is 35.9 Å². The van der Waals surface area contributed by atoms with Crippen LogP contribution < -0.4 is 0 Å². The smallest absolute Gasteiger partial charge is 0.475 e. The summed E-state index contributed by atoms with van der Waals surface area (Å²) < 4.78 is 37.4. The van der Waals surface area contributed by atoms with Gasteiger partial charge in [-0.25, -0.2) is 4.79 Å². The number of likely N-dealkylation sites (tertiary alicyclic amines) is 2. The Hall–Kier alpha value is -2.13. The van der Waals surface area contributed by atoms with Crippen LogP contribution in [0.25, 0.3) is 0 Å². The number of nitrogens with zero attached hydrogens (tertiary/aromatic N) is 2. The summed E-state index contributed by atoms with van der Waals surface area (Å²) in [5, 5.41) is 7.12. The number of aliphatic carboxylic acids is 1. The predicted molar refractivity (Wildman–Crippen MR) is 100 cm³/mol. The maximum absolute atomic E-state index is 12.8. The zero-order valence-corrected chi connectivity index (χ0v) is 16.6. The van der Waals surface area contributed by atoms with Gasteiger partial charge in [-0.05, 0) is 18.5 Å². The highest BCUT2D eigenvalue weighted by Crippen LogP contribution is 2.32. The number of hydrogen-bond acceptors (Lipinski definition) is 4. The number of carbonyl (C=O) groups excluding carboxylic acids is 1. The van der Waals surface area contributed by atoms with E-state index < -0.39 is 12.1 Å². The minimum Gasteiger partial charge on any atom is -0.475 e. The van der Waals surface area contributed by atoms with Crippen molar-refractivity contribution in [2.24, 2.45) is 5.92 Å². The third-order valence-electron chi connectivity index (χ3n) is 5.45. The summed E-state index contributed by atoms with van der Waals surface area (Å²) >= 11 is 0. The molecule has 2 aliphatic rings. The monoisotopic (exact) mass is 416 g/mol. The normalized spacial score (nSPS) is 24.4. The lowest BCUT2D eigenvalue weighted by atomic mass is 9.88. The van der Waals surface area contributed by atoms with Crippen LogP contribution in [0.5, 0.6) is 0 Å². The molecule has 3 atom stereocenters. The first-order chi connectivity index (χ1) is 13.7. The van der Waals surface area contributed by atoms with Gasteiger partial charge in [-0.3, -0.25) is 4.79 Å². The van der Waals surface area contributed by atoms with E-state index in [9.17, 15) is 18.0 Å². The SMILES string of the molecule is CCN1C[C@@H]2[C@@H](OC)CCN(C(=O)Cc3ccccc3)[C@@H]2C1.O=C(O)C(F)(F)F. The van der Waals surface area contributed by atoms with Crippen molar-refractivity contribution in [1.82, 2.24) is 9.80 Å². The third kappa shape index (κ3) is 6.17. The van der Waals surface area contributed by atoms with Gasteiger partial charge in [0.2, 0.25) is 5.91 Å². The summed E-state index contributed by atoms with van der Waals surface area (Å²) in [4.78, 5) is 26.2. The quantitative estimate of drug-likeness (QED) is 0.817. The van der Waals surface area contributed by atoms with Crippen molar-refractivity contribution in [3.63, 3.8) is 0 Å². The molecule has 1 aromatic carbocycles. The van der Waals surface area contributed by atoms with E-state index in [2.05, 4.69) is 16.7 Å². The molecule has 0 aromatic heterocycles. The number of carboxylic acids is 1. The Kier molecular flexibility index (Phi) is 8.04. The lowest BCUT2D eigenvalue weighted by Crippen LogP contribution is -2.54. The fourth-order valence-electron chi connectivity index (χ4n) is 3.97. The Morgan fingerprint density at radius 2 is 1.83 bits per heavy atom. The number of piperidine rings is 1. The van der Waals surface area contributed by atoms with E-state index in [1.54, 1.807) is 7.11 Å². The van der Waals surface area contributed by atoms with Crippen molar-refractivity contribution in [3.8, 4) is 0 Å². The zero-order valence-electron chi connectivity index (χ0n) is 16.6. The molecular weight excluding hydrogens is 389 g/mol. The molecule has 1 amide bonds. The fourth-order valence-corrected chi connectivity index (χ4v) is 3.97. The average Bonchev–Trinajstić information content (AvgIpc) is 3.12. The van der Waals surface area contributed by atoms with Gasteiger partial charge in [-0.15, -0.1) is 0 Å². The first-order valence-corrected chi connectivity index (χ1v) is 9.56. The number of benzene rings is 1. The Balaban J connectivity index is 0.000000370. The van der Waals surface area contributed by atoms with E-state index in [4.69, 9.17) is 14.6 Å². The van der Waals surface area contributed by atoms with E-state index in [0.717, 1.165) is 38.2 Å². The highest BCUT2D eigenvalue weighted by Gasteiger charge is 2.45. The van der Waals surface area contributed by atoms with Crippen LogP contribution in [0.1, 0.15) is 18.9 Å². The molecule has 29 heavy (non-hydrogen) atoms. The molecular formula is C20H27F3N2O4.